The maximum Gasteiger partial charge on any atom is 0.416 e. The Hall–Kier alpha value is -3.21. The molecule has 0 aromatic heterocycles. The van der Waals surface area contributed by atoms with Gasteiger partial charge in [0, 0.05) is 30.9 Å². The van der Waals surface area contributed by atoms with Crippen molar-refractivity contribution in [1.29, 1.82) is 5.26 Å². The van der Waals surface area contributed by atoms with Gasteiger partial charge in [-0.05, 0) is 99.2 Å². The molecule has 36 heavy (non-hydrogen) atoms. The quantitative estimate of drug-likeness (QED) is 0.428. The predicted octanol–water partition coefficient (Wildman–Crippen LogP) is 6.93. The molecule has 1 atom stereocenters. The van der Waals surface area contributed by atoms with E-state index >= 15 is 0 Å². The third-order valence-electron chi connectivity index (χ3n) is 7.39. The molecule has 4 rings (SSSR count). The van der Waals surface area contributed by atoms with Crippen LogP contribution < -0.4 is 4.90 Å². The summed E-state index contributed by atoms with van der Waals surface area (Å²) >= 11 is 0. The van der Waals surface area contributed by atoms with Gasteiger partial charge >= 0.3 is 12.3 Å². The summed E-state index contributed by atoms with van der Waals surface area (Å²) in [6, 6.07) is 8.52. The molecule has 2 aliphatic carbocycles. The number of carbonyl (C=O) groups is 1. The van der Waals surface area contributed by atoms with E-state index in [1.54, 1.807) is 6.07 Å². The number of benzene rings is 2. The first-order valence-electron chi connectivity index (χ1n) is 12.6. The molecule has 8 heteroatoms. The van der Waals surface area contributed by atoms with Crippen LogP contribution in [0, 0.1) is 17.2 Å². The zero-order valence-electron chi connectivity index (χ0n) is 20.7. The van der Waals surface area contributed by atoms with E-state index in [1.165, 1.54) is 34.9 Å². The first kappa shape index (κ1) is 25.9. The minimum atomic E-state index is -4.63. The van der Waals surface area contributed by atoms with Crippen LogP contribution in [0.15, 0.2) is 30.3 Å². The highest BCUT2D eigenvalue weighted by molar-refractivity contribution is 5.68. The number of fused-ring (bicyclic) bond motifs is 1. The Bertz CT molecular complexity index is 1170. The zero-order valence-corrected chi connectivity index (χ0v) is 20.7. The molecule has 2 aliphatic rings. The predicted molar refractivity (Wildman–Crippen MR) is 132 cm³/mol. The van der Waals surface area contributed by atoms with Crippen LogP contribution in [0.25, 0.3) is 0 Å². The van der Waals surface area contributed by atoms with E-state index in [9.17, 15) is 28.3 Å². The molecule has 192 valence electrons. The Morgan fingerprint density at radius 3 is 2.53 bits per heavy atom. The topological polar surface area (TPSA) is 67.6 Å². The van der Waals surface area contributed by atoms with Crippen LogP contribution in [-0.2, 0) is 25.6 Å². The van der Waals surface area contributed by atoms with Gasteiger partial charge in [0.2, 0.25) is 0 Å². The maximum atomic E-state index is 13.4. The molecule has 1 unspecified atom stereocenters. The first-order chi connectivity index (χ1) is 17.1. The fourth-order valence-corrected chi connectivity index (χ4v) is 5.33. The second kappa shape index (κ2) is 10.4. The molecule has 0 saturated heterocycles. The lowest BCUT2D eigenvalue weighted by Crippen LogP contribution is -2.35. The molecule has 0 aliphatic heterocycles. The Balaban J connectivity index is 1.76. The van der Waals surface area contributed by atoms with Gasteiger partial charge in [-0.2, -0.15) is 18.4 Å². The monoisotopic (exact) mass is 499 g/mol. The maximum absolute atomic E-state index is 13.4. The molecule has 2 aromatic rings. The summed E-state index contributed by atoms with van der Waals surface area (Å²) < 4.78 is 40.3. The number of aryl methyl sites for hydroxylation is 1. The van der Waals surface area contributed by atoms with E-state index in [1.807, 2.05) is 6.92 Å². The van der Waals surface area contributed by atoms with Crippen molar-refractivity contribution in [1.82, 2.24) is 4.90 Å². The molecule has 0 bridgehead atoms. The number of hydrogen-bond donors (Lipinski definition) is 1. The molecule has 1 saturated carbocycles. The van der Waals surface area contributed by atoms with Crippen molar-refractivity contribution >= 4 is 11.8 Å². The third-order valence-corrected chi connectivity index (χ3v) is 7.39. The lowest BCUT2D eigenvalue weighted by atomic mass is 9.84. The molecule has 5 nitrogen and oxygen atoms in total. The van der Waals surface area contributed by atoms with Gasteiger partial charge in [0.1, 0.15) is 0 Å². The number of carboxylic acid groups (broad SMARTS) is 1. The van der Waals surface area contributed by atoms with E-state index in [4.69, 9.17) is 0 Å². The number of alkyl halides is 3. The number of amides is 1. The van der Waals surface area contributed by atoms with Gasteiger partial charge < -0.3 is 10.0 Å². The lowest BCUT2D eigenvalue weighted by molar-refractivity contribution is -0.137. The van der Waals surface area contributed by atoms with Gasteiger partial charge in [0.25, 0.3) is 0 Å². The third kappa shape index (κ3) is 5.61. The van der Waals surface area contributed by atoms with Gasteiger partial charge in [-0.3, -0.25) is 4.90 Å². The van der Waals surface area contributed by atoms with Crippen LogP contribution in [-0.4, -0.2) is 29.2 Å². The van der Waals surface area contributed by atoms with Crippen LogP contribution in [0.3, 0.4) is 0 Å². The zero-order chi connectivity index (χ0) is 26.0. The Kier molecular flexibility index (Phi) is 7.49. The highest BCUT2D eigenvalue weighted by Crippen LogP contribution is 2.41. The van der Waals surface area contributed by atoms with E-state index in [2.05, 4.69) is 24.0 Å². The van der Waals surface area contributed by atoms with E-state index < -0.39 is 23.9 Å². The van der Waals surface area contributed by atoms with E-state index in [0.717, 1.165) is 62.2 Å². The fraction of sp³-hybridized carbons (Fsp3) is 0.500. The largest absolute Gasteiger partial charge is 0.465 e. The van der Waals surface area contributed by atoms with Crippen molar-refractivity contribution in [3.05, 3.63) is 63.7 Å². The van der Waals surface area contributed by atoms with Crippen LogP contribution in [0.1, 0.15) is 79.0 Å². The molecule has 0 heterocycles. The van der Waals surface area contributed by atoms with Crippen molar-refractivity contribution < 1.29 is 23.1 Å². The molecule has 1 N–H and O–H groups in total. The van der Waals surface area contributed by atoms with E-state index in [-0.39, 0.29) is 17.7 Å². The lowest BCUT2D eigenvalue weighted by Gasteiger charge is -2.36. The van der Waals surface area contributed by atoms with Crippen molar-refractivity contribution in [3.63, 3.8) is 0 Å². The summed E-state index contributed by atoms with van der Waals surface area (Å²) in [5.74, 6) is 0.647. The molecule has 1 fully saturated rings. The summed E-state index contributed by atoms with van der Waals surface area (Å²) in [6.45, 7) is 5.39. The molecule has 2 aromatic carbocycles. The Labute approximate surface area is 210 Å². The molecule has 1 amide bonds. The highest BCUT2D eigenvalue weighted by atomic mass is 19.4. The van der Waals surface area contributed by atoms with Gasteiger partial charge in [0.05, 0.1) is 23.2 Å². The fourth-order valence-electron chi connectivity index (χ4n) is 5.33. The van der Waals surface area contributed by atoms with Gasteiger partial charge in [-0.25, -0.2) is 4.79 Å². The first-order valence-corrected chi connectivity index (χ1v) is 12.6. The SMILES string of the molecule is CCN(CC1CC1)c1ccc2c(c1C(C)N(Cc1cc(C#N)cc(C(F)(F)F)c1)C(=O)O)CCCC2. The number of hydrogen-bond acceptors (Lipinski definition) is 3. The minimum Gasteiger partial charge on any atom is -0.465 e. The summed E-state index contributed by atoms with van der Waals surface area (Å²) in [5.41, 5.74) is 3.44. The Morgan fingerprint density at radius 2 is 1.92 bits per heavy atom. The standard InChI is InChI=1S/C28H32F3N3O2/c1-3-33(16-19-8-9-19)25-11-10-22-6-4-5-7-24(22)26(25)18(2)34(27(35)36)17-21-12-20(15-32)13-23(14-21)28(29,30)31/h10-14,18-19H,3-9,16-17H2,1-2H3,(H,35,36). The summed E-state index contributed by atoms with van der Waals surface area (Å²) in [7, 11) is 0. The van der Waals surface area contributed by atoms with Gasteiger partial charge in [-0.1, -0.05) is 6.07 Å². The van der Waals surface area contributed by atoms with Gasteiger partial charge in [0.15, 0.2) is 0 Å². The smallest absolute Gasteiger partial charge is 0.416 e. The average Bonchev–Trinajstić information content (AvgIpc) is 3.68. The van der Waals surface area contributed by atoms with Crippen LogP contribution >= 0.6 is 0 Å². The number of halogens is 3. The number of anilines is 1. The molecular formula is C28H32F3N3O2. The highest BCUT2D eigenvalue weighted by Gasteiger charge is 2.33. The number of nitrogens with zero attached hydrogens (tertiary/aromatic N) is 3. The number of nitriles is 1. The normalized spacial score (nSPS) is 16.1. The van der Waals surface area contributed by atoms with Crippen LogP contribution in [0.5, 0.6) is 0 Å². The van der Waals surface area contributed by atoms with Gasteiger partial charge in [-0.15, -0.1) is 0 Å². The second-order valence-electron chi connectivity index (χ2n) is 9.94. The Morgan fingerprint density at radius 1 is 1.19 bits per heavy atom. The minimum absolute atomic E-state index is 0.141. The number of rotatable bonds is 8. The average molecular weight is 500 g/mol. The molecule has 0 radical (unpaired) electrons. The van der Waals surface area contributed by atoms with Crippen LogP contribution in [0.4, 0.5) is 23.7 Å². The second-order valence-corrected chi connectivity index (χ2v) is 9.94. The molecular weight excluding hydrogens is 467 g/mol. The molecule has 0 spiro atoms. The van der Waals surface area contributed by atoms with Crippen molar-refractivity contribution in [2.24, 2.45) is 5.92 Å². The van der Waals surface area contributed by atoms with Crippen molar-refractivity contribution in [3.8, 4) is 6.07 Å². The summed E-state index contributed by atoms with van der Waals surface area (Å²) in [4.78, 5) is 16.0. The van der Waals surface area contributed by atoms with Crippen molar-refractivity contribution in [2.75, 3.05) is 18.0 Å². The van der Waals surface area contributed by atoms with E-state index in [0.29, 0.717) is 5.92 Å². The summed E-state index contributed by atoms with van der Waals surface area (Å²) in [6.07, 6.45) is 0.478. The summed E-state index contributed by atoms with van der Waals surface area (Å²) in [5, 5.41) is 19.5. The van der Waals surface area contributed by atoms with Crippen LogP contribution in [0.2, 0.25) is 0 Å². The van der Waals surface area contributed by atoms with Crippen molar-refractivity contribution in [2.45, 2.75) is 71.1 Å².